The Morgan fingerprint density at radius 3 is 2.51 bits per heavy atom. The number of benzene rings is 2. The molecule has 0 spiro atoms. The summed E-state index contributed by atoms with van der Waals surface area (Å²) in [5.41, 5.74) is 4.97. The van der Waals surface area contributed by atoms with Gasteiger partial charge < -0.3 is 18.9 Å². The fraction of sp³-hybridized carbons (Fsp3) is 0.355. The van der Waals surface area contributed by atoms with Crippen LogP contribution in [-0.4, -0.2) is 35.2 Å². The van der Waals surface area contributed by atoms with Crippen LogP contribution in [0.25, 0.3) is 10.9 Å². The number of hydrogen-bond donors (Lipinski definition) is 0. The molecule has 2 aromatic heterocycles. The zero-order valence-corrected chi connectivity index (χ0v) is 22.4. The van der Waals surface area contributed by atoms with Crippen LogP contribution in [0, 0.1) is 6.92 Å². The maximum absolute atomic E-state index is 13.4. The first-order valence-corrected chi connectivity index (χ1v) is 13.3. The van der Waals surface area contributed by atoms with E-state index in [1.807, 2.05) is 25.1 Å². The predicted molar refractivity (Wildman–Crippen MR) is 148 cm³/mol. The van der Waals surface area contributed by atoms with Crippen molar-refractivity contribution in [3.05, 3.63) is 88.9 Å². The van der Waals surface area contributed by atoms with Crippen molar-refractivity contribution in [2.24, 2.45) is 0 Å². The molecule has 5 rings (SSSR count). The smallest absolute Gasteiger partial charge is 0.358 e. The van der Waals surface area contributed by atoms with E-state index in [0.717, 1.165) is 65.0 Å². The maximum atomic E-state index is 13.4. The lowest BCUT2D eigenvalue weighted by Gasteiger charge is -2.33. The van der Waals surface area contributed by atoms with Crippen LogP contribution in [-0.2, 0) is 16.9 Å². The Kier molecular flexibility index (Phi) is 6.67. The quantitative estimate of drug-likeness (QED) is 0.248. The number of rotatable bonds is 9. The van der Waals surface area contributed by atoms with Crippen LogP contribution in [0.1, 0.15) is 67.0 Å². The number of hydrogen-bond acceptors (Lipinski definition) is 5. The molecule has 0 fully saturated rings. The standard InChI is InChI=1S/C31H35N3O3/c1-6-19-34-21(5)28(23-13-10-11-15-26(23)34)31(25-14-12-18-32-29(25)30(35)37-31)24-17-16-22(33(7-2)8-3)20-27(24)36-9-4/h10-18,20H,6-9,19H2,1-5H3. The van der Waals surface area contributed by atoms with Gasteiger partial charge >= 0.3 is 5.97 Å². The Balaban J connectivity index is 1.90. The molecule has 0 radical (unpaired) electrons. The molecule has 1 atom stereocenters. The SMILES string of the molecule is CCCn1c(C)c(C2(c3ccc(N(CC)CC)cc3OCC)OC(=O)c3ncccc32)c2ccccc21. The molecule has 2 aromatic carbocycles. The van der Waals surface area contributed by atoms with Gasteiger partial charge in [0.25, 0.3) is 0 Å². The number of carbonyl (C=O) groups is 1. The Hall–Kier alpha value is -3.80. The van der Waals surface area contributed by atoms with Gasteiger partial charge in [0.1, 0.15) is 5.75 Å². The lowest BCUT2D eigenvalue weighted by Crippen LogP contribution is -2.31. The van der Waals surface area contributed by atoms with Crippen molar-refractivity contribution in [3.8, 4) is 5.75 Å². The van der Waals surface area contributed by atoms with E-state index in [2.05, 4.69) is 78.5 Å². The fourth-order valence-corrected chi connectivity index (χ4v) is 5.86. The molecule has 0 bridgehead atoms. The molecular weight excluding hydrogens is 462 g/mol. The van der Waals surface area contributed by atoms with Crippen molar-refractivity contribution in [3.63, 3.8) is 0 Å². The largest absolute Gasteiger partial charge is 0.493 e. The molecule has 0 saturated carbocycles. The minimum absolute atomic E-state index is 0.351. The third kappa shape index (κ3) is 3.78. The number of aromatic nitrogens is 2. The van der Waals surface area contributed by atoms with E-state index in [1.54, 1.807) is 6.20 Å². The molecule has 6 heteroatoms. The molecule has 1 aliphatic heterocycles. The summed E-state index contributed by atoms with van der Waals surface area (Å²) in [6.07, 6.45) is 2.64. The molecule has 4 aromatic rings. The lowest BCUT2D eigenvalue weighted by molar-refractivity contribution is 0.0243. The highest BCUT2D eigenvalue weighted by atomic mass is 16.6. The number of aryl methyl sites for hydroxylation is 1. The molecule has 192 valence electrons. The third-order valence-electron chi connectivity index (χ3n) is 7.43. The summed E-state index contributed by atoms with van der Waals surface area (Å²) < 4.78 is 15.1. The van der Waals surface area contributed by atoms with Crippen molar-refractivity contribution in [1.29, 1.82) is 0 Å². The number of pyridine rings is 1. The van der Waals surface area contributed by atoms with Gasteiger partial charge in [0, 0.05) is 70.9 Å². The van der Waals surface area contributed by atoms with Gasteiger partial charge in [-0.15, -0.1) is 0 Å². The first-order valence-electron chi connectivity index (χ1n) is 13.3. The van der Waals surface area contributed by atoms with Crippen molar-refractivity contribution >= 4 is 22.6 Å². The van der Waals surface area contributed by atoms with Crippen LogP contribution < -0.4 is 9.64 Å². The second-order valence-corrected chi connectivity index (χ2v) is 9.39. The second kappa shape index (κ2) is 9.92. The van der Waals surface area contributed by atoms with Gasteiger partial charge in [0.05, 0.1) is 6.61 Å². The normalized spacial score (nSPS) is 16.6. The monoisotopic (exact) mass is 497 g/mol. The average Bonchev–Trinajstić information content (AvgIpc) is 3.37. The summed E-state index contributed by atoms with van der Waals surface area (Å²) in [6, 6.07) is 18.5. The average molecular weight is 498 g/mol. The second-order valence-electron chi connectivity index (χ2n) is 9.39. The van der Waals surface area contributed by atoms with Crippen molar-refractivity contribution in [2.45, 2.75) is 53.2 Å². The van der Waals surface area contributed by atoms with Crippen molar-refractivity contribution in [1.82, 2.24) is 9.55 Å². The molecule has 0 amide bonds. The van der Waals surface area contributed by atoms with Gasteiger partial charge in [-0.2, -0.15) is 0 Å². The van der Waals surface area contributed by atoms with Crippen molar-refractivity contribution < 1.29 is 14.3 Å². The summed E-state index contributed by atoms with van der Waals surface area (Å²) in [7, 11) is 0. The van der Waals surface area contributed by atoms with E-state index in [0.29, 0.717) is 18.1 Å². The number of ether oxygens (including phenoxy) is 2. The van der Waals surface area contributed by atoms with Gasteiger partial charge in [-0.25, -0.2) is 9.78 Å². The van der Waals surface area contributed by atoms with E-state index in [9.17, 15) is 4.79 Å². The van der Waals surface area contributed by atoms with E-state index < -0.39 is 11.6 Å². The molecule has 3 heterocycles. The van der Waals surface area contributed by atoms with E-state index in [4.69, 9.17) is 9.47 Å². The van der Waals surface area contributed by atoms with E-state index in [1.165, 1.54) is 0 Å². The van der Waals surface area contributed by atoms with Crippen LogP contribution >= 0.6 is 0 Å². The number of fused-ring (bicyclic) bond motifs is 2. The van der Waals surface area contributed by atoms with Crippen molar-refractivity contribution in [2.75, 3.05) is 24.6 Å². The summed E-state index contributed by atoms with van der Waals surface area (Å²) in [6.45, 7) is 13.7. The molecule has 37 heavy (non-hydrogen) atoms. The molecule has 1 aliphatic rings. The maximum Gasteiger partial charge on any atom is 0.358 e. The number of anilines is 1. The highest BCUT2D eigenvalue weighted by Gasteiger charge is 2.53. The summed E-state index contributed by atoms with van der Waals surface area (Å²) in [5, 5.41) is 1.06. The summed E-state index contributed by atoms with van der Waals surface area (Å²) in [5.74, 6) is 0.292. The number of nitrogens with zero attached hydrogens (tertiary/aromatic N) is 3. The topological polar surface area (TPSA) is 56.6 Å². The highest BCUT2D eigenvalue weighted by Crippen LogP contribution is 2.53. The van der Waals surface area contributed by atoms with Gasteiger partial charge in [-0.05, 0) is 58.4 Å². The minimum atomic E-state index is -1.18. The minimum Gasteiger partial charge on any atom is -0.493 e. The Bertz CT molecular complexity index is 1450. The number of carbonyl (C=O) groups excluding carboxylic acids is 1. The zero-order chi connectivity index (χ0) is 26.2. The molecular formula is C31H35N3O3. The lowest BCUT2D eigenvalue weighted by atomic mass is 9.78. The third-order valence-corrected chi connectivity index (χ3v) is 7.43. The molecule has 6 nitrogen and oxygen atoms in total. The molecule has 0 aliphatic carbocycles. The predicted octanol–water partition coefficient (Wildman–Crippen LogP) is 6.46. The zero-order valence-electron chi connectivity index (χ0n) is 22.4. The van der Waals surface area contributed by atoms with Gasteiger partial charge in [-0.3, -0.25) is 0 Å². The van der Waals surface area contributed by atoms with Crippen LogP contribution in [0.4, 0.5) is 5.69 Å². The fourth-order valence-electron chi connectivity index (χ4n) is 5.86. The number of cyclic esters (lactones) is 1. The Labute approximate surface area is 218 Å². The molecule has 0 saturated heterocycles. The van der Waals surface area contributed by atoms with Crippen LogP contribution in [0.15, 0.2) is 60.8 Å². The molecule has 1 unspecified atom stereocenters. The first-order chi connectivity index (χ1) is 18.0. The summed E-state index contributed by atoms with van der Waals surface area (Å²) in [4.78, 5) is 20.1. The van der Waals surface area contributed by atoms with Gasteiger partial charge in [-0.1, -0.05) is 31.2 Å². The van der Waals surface area contributed by atoms with E-state index in [-0.39, 0.29) is 0 Å². The number of esters is 1. The Morgan fingerprint density at radius 2 is 1.78 bits per heavy atom. The summed E-state index contributed by atoms with van der Waals surface area (Å²) >= 11 is 0. The van der Waals surface area contributed by atoms with Crippen LogP contribution in [0.2, 0.25) is 0 Å². The van der Waals surface area contributed by atoms with Crippen LogP contribution in [0.5, 0.6) is 5.75 Å². The Morgan fingerprint density at radius 1 is 1.00 bits per heavy atom. The van der Waals surface area contributed by atoms with Gasteiger partial charge in [0.2, 0.25) is 0 Å². The number of para-hydroxylation sites is 1. The highest BCUT2D eigenvalue weighted by molar-refractivity contribution is 5.97. The van der Waals surface area contributed by atoms with Gasteiger partial charge in [0.15, 0.2) is 11.3 Å². The van der Waals surface area contributed by atoms with Crippen LogP contribution in [0.3, 0.4) is 0 Å². The van der Waals surface area contributed by atoms with E-state index >= 15 is 0 Å². The molecule has 0 N–H and O–H groups in total. The first kappa shape index (κ1) is 24.9.